The Bertz CT molecular complexity index is 475. The van der Waals surface area contributed by atoms with Crippen LogP contribution >= 0.6 is 15.9 Å². The predicted octanol–water partition coefficient (Wildman–Crippen LogP) is 1.91. The first-order chi connectivity index (χ1) is 7.70. The zero-order valence-electron chi connectivity index (χ0n) is 8.70. The first-order valence-corrected chi connectivity index (χ1v) is 5.81. The minimum Gasteiger partial charge on any atom is -0.496 e. The maximum absolute atomic E-state index is 11.4. The number of amides is 1. The van der Waals surface area contributed by atoms with Gasteiger partial charge in [0.2, 0.25) is 5.91 Å². The van der Waals surface area contributed by atoms with Crippen LogP contribution < -0.4 is 9.47 Å². The monoisotopic (exact) mass is 283 g/mol. The quantitative estimate of drug-likeness (QED) is 0.739. The number of nitrogens with zero attached hydrogens (tertiary/aromatic N) is 1. The van der Waals surface area contributed by atoms with Gasteiger partial charge in [0.15, 0.2) is 6.23 Å². The average molecular weight is 284 g/mol. The van der Waals surface area contributed by atoms with Gasteiger partial charge in [-0.3, -0.25) is 4.79 Å². The van der Waals surface area contributed by atoms with E-state index in [1.54, 1.807) is 12.0 Å². The Morgan fingerprint density at radius 1 is 1.56 bits per heavy atom. The van der Waals surface area contributed by atoms with E-state index in [1.807, 2.05) is 12.1 Å². The van der Waals surface area contributed by atoms with Crippen molar-refractivity contribution in [1.29, 1.82) is 0 Å². The molecule has 0 N–H and O–H groups in total. The van der Waals surface area contributed by atoms with Crippen LogP contribution in [0.5, 0.6) is 11.5 Å². The fourth-order valence-electron chi connectivity index (χ4n) is 2.08. The zero-order chi connectivity index (χ0) is 11.3. The molecule has 1 saturated heterocycles. The van der Waals surface area contributed by atoms with Gasteiger partial charge < -0.3 is 14.4 Å². The van der Waals surface area contributed by atoms with Crippen molar-refractivity contribution in [2.45, 2.75) is 19.2 Å². The lowest BCUT2D eigenvalue weighted by molar-refractivity contribution is -0.165. The molecule has 0 saturated carbocycles. The highest BCUT2D eigenvalue weighted by Crippen LogP contribution is 2.43. The fourth-order valence-corrected chi connectivity index (χ4v) is 2.54. The first kappa shape index (κ1) is 9.96. The van der Waals surface area contributed by atoms with E-state index in [0.29, 0.717) is 13.0 Å². The number of ether oxygens (including phenoxy) is 2. The number of hydrogen-bond acceptors (Lipinski definition) is 3. The number of rotatable bonds is 1. The van der Waals surface area contributed by atoms with Crippen LogP contribution in [0.2, 0.25) is 0 Å². The maximum atomic E-state index is 11.4. The molecule has 0 unspecified atom stereocenters. The van der Waals surface area contributed by atoms with E-state index in [4.69, 9.17) is 9.47 Å². The summed E-state index contributed by atoms with van der Waals surface area (Å²) in [5, 5.41) is 0. The average Bonchev–Trinajstić information content (AvgIpc) is 2.28. The lowest BCUT2D eigenvalue weighted by Gasteiger charge is -2.44. The third kappa shape index (κ3) is 1.24. The van der Waals surface area contributed by atoms with Gasteiger partial charge in [0.25, 0.3) is 0 Å². The van der Waals surface area contributed by atoms with E-state index in [0.717, 1.165) is 21.5 Å². The van der Waals surface area contributed by atoms with Crippen molar-refractivity contribution in [3.05, 3.63) is 22.2 Å². The number of methoxy groups -OCH3 is 1. The Morgan fingerprint density at radius 2 is 2.38 bits per heavy atom. The molecule has 1 atom stereocenters. The van der Waals surface area contributed by atoms with Crippen LogP contribution in [0, 0.1) is 0 Å². The Morgan fingerprint density at radius 3 is 3.06 bits per heavy atom. The van der Waals surface area contributed by atoms with E-state index in [-0.39, 0.29) is 12.1 Å². The number of benzene rings is 1. The van der Waals surface area contributed by atoms with E-state index in [1.165, 1.54) is 0 Å². The number of β-lactam (4-membered cyclic amide) rings is 1. The highest BCUT2D eigenvalue weighted by atomic mass is 79.9. The van der Waals surface area contributed by atoms with Gasteiger partial charge in [0.05, 0.1) is 30.1 Å². The summed E-state index contributed by atoms with van der Waals surface area (Å²) in [6.45, 7) is 0.571. The minimum absolute atomic E-state index is 0.0941. The van der Waals surface area contributed by atoms with E-state index in [2.05, 4.69) is 15.9 Å². The van der Waals surface area contributed by atoms with Gasteiger partial charge in [0.1, 0.15) is 11.5 Å². The highest BCUT2D eigenvalue weighted by Gasteiger charge is 2.42. The standard InChI is InChI=1S/C11H10BrNO3/c1-15-8-3-2-7(12)11-6(8)5-13-9(14)4-10(13)16-11/h2-3,10H,4-5H2,1H3/t10-/m1/s1. The second kappa shape index (κ2) is 3.38. The molecule has 2 heterocycles. The second-order valence-corrected chi connectivity index (χ2v) is 4.71. The molecule has 5 heteroatoms. The molecule has 0 aliphatic carbocycles. The number of halogens is 1. The van der Waals surface area contributed by atoms with Crippen molar-refractivity contribution in [3.63, 3.8) is 0 Å². The van der Waals surface area contributed by atoms with Gasteiger partial charge in [0, 0.05) is 0 Å². The topological polar surface area (TPSA) is 38.8 Å². The molecule has 84 valence electrons. The van der Waals surface area contributed by atoms with Gasteiger partial charge in [-0.2, -0.15) is 0 Å². The van der Waals surface area contributed by atoms with Gasteiger partial charge in [-0.25, -0.2) is 0 Å². The number of carbonyl (C=O) groups is 1. The number of carbonyl (C=O) groups excluding carboxylic acids is 1. The maximum Gasteiger partial charge on any atom is 0.231 e. The highest BCUT2D eigenvalue weighted by molar-refractivity contribution is 9.10. The summed E-state index contributed by atoms with van der Waals surface area (Å²) in [6, 6.07) is 3.77. The van der Waals surface area contributed by atoms with Crippen LogP contribution in [0.4, 0.5) is 0 Å². The molecule has 2 aliphatic heterocycles. The normalized spacial score (nSPS) is 21.8. The molecule has 1 aromatic carbocycles. The molecule has 0 aromatic heterocycles. The molecule has 3 rings (SSSR count). The summed E-state index contributed by atoms with van der Waals surface area (Å²) in [7, 11) is 1.62. The van der Waals surface area contributed by atoms with Crippen LogP contribution in [0.15, 0.2) is 16.6 Å². The van der Waals surface area contributed by atoms with E-state index in [9.17, 15) is 4.79 Å². The molecule has 1 aromatic rings. The van der Waals surface area contributed by atoms with Gasteiger partial charge in [-0.05, 0) is 28.1 Å². The van der Waals surface area contributed by atoms with Crippen molar-refractivity contribution >= 4 is 21.8 Å². The van der Waals surface area contributed by atoms with Crippen LogP contribution in [-0.4, -0.2) is 24.1 Å². The molecule has 1 fully saturated rings. The summed E-state index contributed by atoms with van der Waals surface area (Å²) in [5.74, 6) is 1.70. The lowest BCUT2D eigenvalue weighted by atomic mass is 10.0. The smallest absolute Gasteiger partial charge is 0.231 e. The molecule has 4 nitrogen and oxygen atoms in total. The predicted molar refractivity (Wildman–Crippen MR) is 60.3 cm³/mol. The Hall–Kier alpha value is -1.23. The first-order valence-electron chi connectivity index (χ1n) is 5.02. The van der Waals surface area contributed by atoms with Gasteiger partial charge >= 0.3 is 0 Å². The summed E-state index contributed by atoms with van der Waals surface area (Å²) in [4.78, 5) is 13.1. The van der Waals surface area contributed by atoms with Gasteiger partial charge in [-0.15, -0.1) is 0 Å². The Labute approximate surface area is 101 Å². The summed E-state index contributed by atoms with van der Waals surface area (Å²) in [5.41, 5.74) is 0.932. The largest absolute Gasteiger partial charge is 0.496 e. The minimum atomic E-state index is -0.0941. The number of fused-ring (bicyclic) bond motifs is 2. The van der Waals surface area contributed by atoms with Crippen LogP contribution in [-0.2, 0) is 11.3 Å². The van der Waals surface area contributed by atoms with Crippen molar-refractivity contribution in [1.82, 2.24) is 4.90 Å². The van der Waals surface area contributed by atoms with Gasteiger partial charge in [-0.1, -0.05) is 0 Å². The van der Waals surface area contributed by atoms with Crippen molar-refractivity contribution in [3.8, 4) is 11.5 Å². The Kier molecular flexibility index (Phi) is 2.10. The third-order valence-electron chi connectivity index (χ3n) is 2.99. The molecule has 1 amide bonds. The zero-order valence-corrected chi connectivity index (χ0v) is 10.3. The summed E-state index contributed by atoms with van der Waals surface area (Å²) < 4.78 is 11.9. The molecular formula is C11H10BrNO3. The van der Waals surface area contributed by atoms with E-state index < -0.39 is 0 Å². The molecule has 0 spiro atoms. The molecular weight excluding hydrogens is 274 g/mol. The van der Waals surface area contributed by atoms with Crippen molar-refractivity contribution < 1.29 is 14.3 Å². The molecule has 0 radical (unpaired) electrons. The van der Waals surface area contributed by atoms with Crippen molar-refractivity contribution in [2.75, 3.05) is 7.11 Å². The van der Waals surface area contributed by atoms with Crippen LogP contribution in [0.3, 0.4) is 0 Å². The molecule has 2 aliphatic rings. The molecule has 0 bridgehead atoms. The SMILES string of the molecule is COc1ccc(Br)c2c1CN1C(=O)C[C@H]1O2. The van der Waals surface area contributed by atoms with Crippen LogP contribution in [0.25, 0.3) is 0 Å². The summed E-state index contributed by atoms with van der Waals surface area (Å²) in [6.07, 6.45) is 0.381. The summed E-state index contributed by atoms with van der Waals surface area (Å²) >= 11 is 3.45. The lowest BCUT2D eigenvalue weighted by Crippen LogP contribution is -2.56. The third-order valence-corrected chi connectivity index (χ3v) is 3.61. The van der Waals surface area contributed by atoms with Crippen molar-refractivity contribution in [2.24, 2.45) is 0 Å². The second-order valence-electron chi connectivity index (χ2n) is 3.86. The fraction of sp³-hybridized carbons (Fsp3) is 0.364. The molecule has 16 heavy (non-hydrogen) atoms. The Balaban J connectivity index is 2.07. The van der Waals surface area contributed by atoms with E-state index >= 15 is 0 Å². The number of hydrogen-bond donors (Lipinski definition) is 0. The van der Waals surface area contributed by atoms with Crippen LogP contribution in [0.1, 0.15) is 12.0 Å².